The molecule has 7 heteroatoms. The van der Waals surface area contributed by atoms with E-state index in [1.807, 2.05) is 0 Å². The first-order valence-electron chi connectivity index (χ1n) is 6.30. The van der Waals surface area contributed by atoms with Crippen LogP contribution in [0.25, 0.3) is 0 Å². The van der Waals surface area contributed by atoms with Crippen molar-refractivity contribution >= 4 is 0 Å². The van der Waals surface area contributed by atoms with Crippen molar-refractivity contribution in [3.05, 3.63) is 17.8 Å². The summed E-state index contributed by atoms with van der Waals surface area (Å²) in [4.78, 5) is 3.99. The number of ether oxygens (including phenoxy) is 1. The number of nitrogens with one attached hydrogen (secondary N) is 1. The second-order valence-electron chi connectivity index (χ2n) is 4.18. The minimum atomic E-state index is -4.31. The quantitative estimate of drug-likeness (QED) is 0.706. The van der Waals surface area contributed by atoms with Crippen molar-refractivity contribution in [1.29, 1.82) is 0 Å². The summed E-state index contributed by atoms with van der Waals surface area (Å²) < 4.78 is 45.3. The molecule has 0 unspecified atom stereocenters. The third-order valence-corrected chi connectivity index (χ3v) is 2.28. The van der Waals surface area contributed by atoms with E-state index in [2.05, 4.69) is 22.0 Å². The third kappa shape index (κ3) is 7.84. The Kier molecular flexibility index (Phi) is 6.86. The number of hydrogen-bond acceptors (Lipinski definition) is 4. The van der Waals surface area contributed by atoms with Crippen LogP contribution >= 0.6 is 0 Å². The van der Waals surface area contributed by atoms with Gasteiger partial charge in [0.05, 0.1) is 6.20 Å². The maximum atomic E-state index is 11.9. The van der Waals surface area contributed by atoms with Gasteiger partial charge in [0.1, 0.15) is 19.0 Å². The second kappa shape index (κ2) is 8.16. The number of halogens is 3. The number of alkyl halides is 3. The summed E-state index contributed by atoms with van der Waals surface area (Å²) in [5.74, 6) is 0.852. The molecule has 0 aliphatic heterocycles. The number of aromatic nitrogens is 1. The molecule has 19 heavy (non-hydrogen) atoms. The maximum Gasteiger partial charge on any atom is 0.411 e. The summed E-state index contributed by atoms with van der Waals surface area (Å²) in [5.41, 5.74) is 0. The summed E-state index contributed by atoms with van der Waals surface area (Å²) in [6.07, 6.45) is -0.280. The fraction of sp³-hybridized carbons (Fsp3) is 0.750. The zero-order valence-electron chi connectivity index (χ0n) is 10.9. The number of aryl methyl sites for hydroxylation is 1. The lowest BCUT2D eigenvalue weighted by Crippen LogP contribution is -2.16. The van der Waals surface area contributed by atoms with Crippen molar-refractivity contribution in [3.63, 3.8) is 0 Å². The van der Waals surface area contributed by atoms with Crippen molar-refractivity contribution < 1.29 is 22.3 Å². The third-order valence-electron chi connectivity index (χ3n) is 2.28. The molecule has 0 saturated heterocycles. The van der Waals surface area contributed by atoms with Gasteiger partial charge in [-0.25, -0.2) is 4.98 Å². The Labute approximate surface area is 110 Å². The predicted molar refractivity (Wildman–Crippen MR) is 63.7 cm³/mol. The molecule has 0 radical (unpaired) electrons. The van der Waals surface area contributed by atoms with Crippen LogP contribution in [0.5, 0.6) is 0 Å². The predicted octanol–water partition coefficient (Wildman–Crippen LogP) is 2.69. The van der Waals surface area contributed by atoms with Gasteiger partial charge in [0.15, 0.2) is 5.89 Å². The monoisotopic (exact) mass is 280 g/mol. The molecule has 1 aromatic heterocycles. The highest BCUT2D eigenvalue weighted by molar-refractivity contribution is 4.92. The van der Waals surface area contributed by atoms with E-state index in [4.69, 9.17) is 4.42 Å². The van der Waals surface area contributed by atoms with Crippen LogP contribution in [0.2, 0.25) is 0 Å². The van der Waals surface area contributed by atoms with Crippen LogP contribution in [0, 0.1) is 0 Å². The average Bonchev–Trinajstić information content (AvgIpc) is 2.75. The molecular formula is C12H19F3N2O2. The van der Waals surface area contributed by atoms with E-state index < -0.39 is 12.8 Å². The van der Waals surface area contributed by atoms with E-state index in [-0.39, 0.29) is 6.61 Å². The van der Waals surface area contributed by atoms with E-state index in [1.54, 1.807) is 0 Å². The minimum Gasteiger partial charge on any atom is -0.443 e. The van der Waals surface area contributed by atoms with E-state index in [9.17, 15) is 13.2 Å². The molecule has 0 spiro atoms. The van der Waals surface area contributed by atoms with Crippen LogP contribution in [0.4, 0.5) is 13.2 Å². The van der Waals surface area contributed by atoms with Gasteiger partial charge in [0.2, 0.25) is 0 Å². The van der Waals surface area contributed by atoms with Crippen LogP contribution in [0.3, 0.4) is 0 Å². The van der Waals surface area contributed by atoms with Crippen LogP contribution in [0.1, 0.15) is 31.4 Å². The molecule has 1 N–H and O–H groups in total. The summed E-state index contributed by atoms with van der Waals surface area (Å²) >= 11 is 0. The topological polar surface area (TPSA) is 47.3 Å². The zero-order valence-corrected chi connectivity index (χ0v) is 10.9. The second-order valence-corrected chi connectivity index (χ2v) is 4.18. The van der Waals surface area contributed by atoms with E-state index >= 15 is 0 Å². The molecule has 1 aromatic rings. The molecule has 110 valence electrons. The number of nitrogens with zero attached hydrogens (tertiary/aromatic N) is 1. The van der Waals surface area contributed by atoms with Crippen LogP contribution in [-0.4, -0.2) is 30.9 Å². The Morgan fingerprint density at radius 2 is 2.16 bits per heavy atom. The van der Waals surface area contributed by atoms with Gasteiger partial charge in [0.25, 0.3) is 0 Å². The van der Waals surface area contributed by atoms with Gasteiger partial charge in [-0.05, 0) is 25.9 Å². The van der Waals surface area contributed by atoms with Crippen molar-refractivity contribution in [1.82, 2.24) is 10.3 Å². The van der Waals surface area contributed by atoms with E-state index in [0.717, 1.165) is 25.9 Å². The van der Waals surface area contributed by atoms with E-state index in [0.29, 0.717) is 18.1 Å². The van der Waals surface area contributed by atoms with Crippen molar-refractivity contribution in [2.24, 2.45) is 0 Å². The van der Waals surface area contributed by atoms with Crippen molar-refractivity contribution in [2.45, 2.75) is 39.0 Å². The summed E-state index contributed by atoms with van der Waals surface area (Å²) in [7, 11) is 0. The Bertz CT molecular complexity index is 353. The fourth-order valence-corrected chi connectivity index (χ4v) is 1.46. The smallest absolute Gasteiger partial charge is 0.411 e. The lowest BCUT2D eigenvalue weighted by atomic mass is 10.3. The van der Waals surface area contributed by atoms with Gasteiger partial charge >= 0.3 is 6.18 Å². The zero-order chi connectivity index (χ0) is 14.1. The molecule has 4 nitrogen and oxygen atoms in total. The highest BCUT2D eigenvalue weighted by atomic mass is 19.4. The molecule has 0 aliphatic carbocycles. The molecule has 0 aliphatic rings. The number of rotatable bonds is 9. The average molecular weight is 280 g/mol. The number of oxazole rings is 1. The summed E-state index contributed by atoms with van der Waals surface area (Å²) in [5, 5.41) is 3.24. The minimum absolute atomic E-state index is 0.208. The standard InChI is InChI=1S/C12H19F3N2O2/c1-2-5-16-6-3-4-11-17-7-10(19-11)8-18-9-12(13,14)15/h7,16H,2-6,8-9H2,1H3. The Balaban J connectivity index is 2.17. The van der Waals surface area contributed by atoms with Gasteiger partial charge < -0.3 is 14.5 Å². The first-order chi connectivity index (χ1) is 9.01. The fourth-order valence-electron chi connectivity index (χ4n) is 1.46. The Hall–Kier alpha value is -1.08. The molecule has 0 bridgehead atoms. The molecule has 0 atom stereocenters. The summed E-state index contributed by atoms with van der Waals surface area (Å²) in [6.45, 7) is 2.46. The van der Waals surface area contributed by atoms with Gasteiger partial charge in [-0.3, -0.25) is 0 Å². The van der Waals surface area contributed by atoms with Crippen molar-refractivity contribution in [3.8, 4) is 0 Å². The first-order valence-corrected chi connectivity index (χ1v) is 6.30. The number of hydrogen-bond donors (Lipinski definition) is 1. The van der Waals surface area contributed by atoms with Crippen LogP contribution < -0.4 is 5.32 Å². The molecule has 0 aromatic carbocycles. The Morgan fingerprint density at radius 3 is 2.84 bits per heavy atom. The van der Waals surface area contributed by atoms with Gasteiger partial charge in [-0.2, -0.15) is 13.2 Å². The lowest BCUT2D eigenvalue weighted by Gasteiger charge is -2.05. The highest BCUT2D eigenvalue weighted by Gasteiger charge is 2.27. The Morgan fingerprint density at radius 1 is 1.37 bits per heavy atom. The molecule has 0 amide bonds. The first kappa shape index (κ1) is 16.0. The molecule has 1 heterocycles. The molecular weight excluding hydrogens is 261 g/mol. The van der Waals surface area contributed by atoms with E-state index in [1.165, 1.54) is 6.20 Å². The lowest BCUT2D eigenvalue weighted by molar-refractivity contribution is -0.177. The molecule has 0 fully saturated rings. The largest absolute Gasteiger partial charge is 0.443 e. The highest BCUT2D eigenvalue weighted by Crippen LogP contribution is 2.16. The molecule has 0 saturated carbocycles. The summed E-state index contributed by atoms with van der Waals surface area (Å²) in [6, 6.07) is 0. The van der Waals surface area contributed by atoms with Gasteiger partial charge in [-0.15, -0.1) is 0 Å². The maximum absolute atomic E-state index is 11.9. The van der Waals surface area contributed by atoms with Crippen LogP contribution in [0.15, 0.2) is 10.6 Å². The van der Waals surface area contributed by atoms with Crippen molar-refractivity contribution in [2.75, 3.05) is 19.7 Å². The van der Waals surface area contributed by atoms with Gasteiger partial charge in [-0.1, -0.05) is 6.92 Å². The molecule has 1 rings (SSSR count). The van der Waals surface area contributed by atoms with Crippen LogP contribution in [-0.2, 0) is 17.8 Å². The normalized spacial score (nSPS) is 12.0. The van der Waals surface area contributed by atoms with Gasteiger partial charge in [0, 0.05) is 6.42 Å². The SMILES string of the molecule is CCCNCCCc1ncc(COCC(F)(F)F)o1.